The fourth-order valence-corrected chi connectivity index (χ4v) is 1.14. The van der Waals surface area contributed by atoms with Crippen LogP contribution in [-0.4, -0.2) is 5.11 Å². The fraction of sp³-hybridized carbons (Fsp3) is 0.200. The Kier molecular flexibility index (Phi) is 1.54. The average molecular weight is 161 g/mol. The summed E-state index contributed by atoms with van der Waals surface area (Å²) in [5, 5.41) is 9.59. The number of rotatable bonds is 1. The monoisotopic (exact) mass is 161 g/mol. The molecular weight excluding hydrogens is 150 g/mol. The quantitative estimate of drug-likeness (QED) is 0.490. The third kappa shape index (κ3) is 1.28. The summed E-state index contributed by atoms with van der Waals surface area (Å²) < 4.78 is 0. The Morgan fingerprint density at radius 1 is 1.17 bits per heavy atom. The van der Waals surface area contributed by atoms with Gasteiger partial charge in [-0.2, -0.15) is 0 Å². The van der Waals surface area contributed by atoms with Crippen molar-refractivity contribution in [1.82, 2.24) is 0 Å². The summed E-state index contributed by atoms with van der Waals surface area (Å²) in [5.41, 5.74) is 8.27. The molecule has 0 aromatic heterocycles. The van der Waals surface area contributed by atoms with Crippen LogP contribution >= 0.6 is 0 Å². The standard InChI is InChI=1S/C10H11NO/c11-9-5-3-8(4-6-9)10(12)7-1-2-7/h3-6,12H,1-2,11H2. The Balaban J connectivity index is 2.35. The van der Waals surface area contributed by atoms with E-state index in [0.29, 0.717) is 5.76 Å². The molecule has 1 aliphatic rings. The average Bonchev–Trinajstić information content (AvgIpc) is 2.87. The van der Waals surface area contributed by atoms with Crippen LogP contribution in [0.15, 0.2) is 29.8 Å². The zero-order valence-corrected chi connectivity index (χ0v) is 6.75. The Labute approximate surface area is 71.3 Å². The lowest BCUT2D eigenvalue weighted by atomic mass is 10.1. The highest BCUT2D eigenvalue weighted by molar-refractivity contribution is 5.66. The zero-order valence-electron chi connectivity index (χ0n) is 6.75. The van der Waals surface area contributed by atoms with Gasteiger partial charge >= 0.3 is 0 Å². The molecule has 0 heterocycles. The van der Waals surface area contributed by atoms with Gasteiger partial charge in [-0.25, -0.2) is 0 Å². The second kappa shape index (κ2) is 2.55. The van der Waals surface area contributed by atoms with Crippen molar-refractivity contribution >= 4 is 11.4 Å². The van der Waals surface area contributed by atoms with Gasteiger partial charge in [0.15, 0.2) is 0 Å². The van der Waals surface area contributed by atoms with Gasteiger partial charge in [0.1, 0.15) is 5.76 Å². The largest absolute Gasteiger partial charge is 0.507 e. The van der Waals surface area contributed by atoms with E-state index in [1.807, 2.05) is 12.1 Å². The molecule has 2 heteroatoms. The van der Waals surface area contributed by atoms with Crippen molar-refractivity contribution in [2.45, 2.75) is 12.8 Å². The number of nitrogens with two attached hydrogens (primary N) is 1. The Morgan fingerprint density at radius 3 is 2.25 bits per heavy atom. The molecule has 0 saturated heterocycles. The van der Waals surface area contributed by atoms with Crippen LogP contribution < -0.4 is 5.73 Å². The number of hydrogen-bond donors (Lipinski definition) is 2. The van der Waals surface area contributed by atoms with Crippen LogP contribution in [-0.2, 0) is 0 Å². The van der Waals surface area contributed by atoms with Gasteiger partial charge in [-0.05, 0) is 42.7 Å². The van der Waals surface area contributed by atoms with E-state index >= 15 is 0 Å². The van der Waals surface area contributed by atoms with Gasteiger partial charge < -0.3 is 10.8 Å². The van der Waals surface area contributed by atoms with E-state index in [2.05, 4.69) is 0 Å². The van der Waals surface area contributed by atoms with E-state index in [1.165, 1.54) is 0 Å². The minimum absolute atomic E-state index is 0.440. The van der Waals surface area contributed by atoms with Crippen molar-refractivity contribution in [2.75, 3.05) is 5.73 Å². The molecule has 1 fully saturated rings. The third-order valence-corrected chi connectivity index (χ3v) is 2.02. The van der Waals surface area contributed by atoms with Crippen LogP contribution in [0.4, 0.5) is 5.69 Å². The van der Waals surface area contributed by atoms with Crippen LogP contribution in [0.25, 0.3) is 5.76 Å². The number of allylic oxidation sites excluding steroid dienone is 1. The predicted molar refractivity (Wildman–Crippen MR) is 49.6 cm³/mol. The van der Waals surface area contributed by atoms with Crippen molar-refractivity contribution in [1.29, 1.82) is 0 Å². The molecule has 3 N–H and O–H groups in total. The first kappa shape index (κ1) is 7.22. The van der Waals surface area contributed by atoms with Crippen LogP contribution in [0.5, 0.6) is 0 Å². The van der Waals surface area contributed by atoms with Crippen molar-refractivity contribution in [3.8, 4) is 0 Å². The topological polar surface area (TPSA) is 46.2 Å². The van der Waals surface area contributed by atoms with Gasteiger partial charge in [-0.15, -0.1) is 0 Å². The first-order valence-corrected chi connectivity index (χ1v) is 4.04. The molecule has 12 heavy (non-hydrogen) atoms. The molecule has 0 atom stereocenters. The maximum absolute atomic E-state index is 9.59. The van der Waals surface area contributed by atoms with E-state index in [-0.39, 0.29) is 0 Å². The number of aliphatic hydroxyl groups is 1. The van der Waals surface area contributed by atoms with Crippen molar-refractivity contribution in [3.63, 3.8) is 0 Å². The number of benzene rings is 1. The second-order valence-corrected chi connectivity index (χ2v) is 3.07. The highest BCUT2D eigenvalue weighted by Gasteiger charge is 2.17. The summed E-state index contributed by atoms with van der Waals surface area (Å²) in [6.45, 7) is 0. The predicted octanol–water partition coefficient (Wildman–Crippen LogP) is 2.33. The van der Waals surface area contributed by atoms with E-state index in [4.69, 9.17) is 5.73 Å². The number of nitrogen functional groups attached to an aromatic ring is 1. The Morgan fingerprint density at radius 2 is 1.75 bits per heavy atom. The molecule has 0 bridgehead atoms. The zero-order chi connectivity index (χ0) is 8.55. The smallest absolute Gasteiger partial charge is 0.122 e. The van der Waals surface area contributed by atoms with Gasteiger partial charge in [-0.1, -0.05) is 0 Å². The van der Waals surface area contributed by atoms with Crippen LogP contribution in [0.1, 0.15) is 18.4 Å². The molecule has 2 rings (SSSR count). The number of aliphatic hydroxyl groups excluding tert-OH is 1. The van der Waals surface area contributed by atoms with Gasteiger partial charge in [0.05, 0.1) is 0 Å². The lowest BCUT2D eigenvalue weighted by Crippen LogP contribution is -1.86. The number of hydrogen-bond acceptors (Lipinski definition) is 2. The molecule has 1 saturated carbocycles. The van der Waals surface area contributed by atoms with Crippen LogP contribution in [0, 0.1) is 0 Å². The molecular formula is C10H11NO. The summed E-state index contributed by atoms with van der Waals surface area (Å²) in [7, 11) is 0. The molecule has 0 amide bonds. The molecule has 0 spiro atoms. The van der Waals surface area contributed by atoms with Crippen LogP contribution in [0.2, 0.25) is 0 Å². The Hall–Kier alpha value is -1.44. The fourth-order valence-electron chi connectivity index (χ4n) is 1.14. The molecule has 0 unspecified atom stereocenters. The van der Waals surface area contributed by atoms with Gasteiger partial charge in [0, 0.05) is 11.3 Å². The molecule has 62 valence electrons. The van der Waals surface area contributed by atoms with E-state index in [0.717, 1.165) is 29.7 Å². The first-order chi connectivity index (χ1) is 5.77. The van der Waals surface area contributed by atoms with E-state index in [1.54, 1.807) is 12.1 Å². The normalized spacial score (nSPS) is 14.5. The summed E-state index contributed by atoms with van der Waals surface area (Å²) in [4.78, 5) is 0. The minimum Gasteiger partial charge on any atom is -0.507 e. The maximum Gasteiger partial charge on any atom is 0.122 e. The van der Waals surface area contributed by atoms with Crippen molar-refractivity contribution in [3.05, 3.63) is 35.4 Å². The molecule has 0 aliphatic heterocycles. The number of anilines is 1. The Bertz CT molecular complexity index is 318. The van der Waals surface area contributed by atoms with E-state index in [9.17, 15) is 5.11 Å². The van der Waals surface area contributed by atoms with Crippen molar-refractivity contribution < 1.29 is 5.11 Å². The lowest BCUT2D eigenvalue weighted by Gasteiger charge is -1.99. The third-order valence-electron chi connectivity index (χ3n) is 2.02. The summed E-state index contributed by atoms with van der Waals surface area (Å²) >= 11 is 0. The summed E-state index contributed by atoms with van der Waals surface area (Å²) in [6, 6.07) is 7.29. The van der Waals surface area contributed by atoms with Gasteiger partial charge in [0.25, 0.3) is 0 Å². The summed E-state index contributed by atoms with van der Waals surface area (Å²) in [5.74, 6) is 0.440. The molecule has 1 aromatic rings. The molecule has 0 radical (unpaired) electrons. The SMILES string of the molecule is Nc1ccc(C(O)=C2CC2)cc1. The highest BCUT2D eigenvalue weighted by atomic mass is 16.3. The minimum atomic E-state index is 0.440. The summed E-state index contributed by atoms with van der Waals surface area (Å²) in [6.07, 6.45) is 2.08. The van der Waals surface area contributed by atoms with Gasteiger partial charge in [-0.3, -0.25) is 0 Å². The first-order valence-electron chi connectivity index (χ1n) is 4.04. The van der Waals surface area contributed by atoms with Crippen LogP contribution in [0.3, 0.4) is 0 Å². The van der Waals surface area contributed by atoms with E-state index < -0.39 is 0 Å². The van der Waals surface area contributed by atoms with Gasteiger partial charge in [0.2, 0.25) is 0 Å². The lowest BCUT2D eigenvalue weighted by molar-refractivity contribution is 0.509. The molecule has 2 nitrogen and oxygen atoms in total. The highest BCUT2D eigenvalue weighted by Crippen LogP contribution is 2.34. The van der Waals surface area contributed by atoms with Crippen molar-refractivity contribution in [2.24, 2.45) is 0 Å². The second-order valence-electron chi connectivity index (χ2n) is 3.07. The molecule has 1 aliphatic carbocycles. The molecule has 1 aromatic carbocycles. The maximum atomic E-state index is 9.59.